The van der Waals surface area contributed by atoms with Crippen LogP contribution in [0.4, 0.5) is 5.69 Å². The van der Waals surface area contributed by atoms with Gasteiger partial charge in [-0.05, 0) is 43.3 Å². The summed E-state index contributed by atoms with van der Waals surface area (Å²) >= 11 is 2.30. The molecule has 2 aromatic heterocycles. The Morgan fingerprint density at radius 1 is 1.12 bits per heavy atom. The molecule has 0 aliphatic heterocycles. The molecule has 174 valence electrons. The zero-order valence-electron chi connectivity index (χ0n) is 18.2. The average Bonchev–Trinajstić information content (AvgIpc) is 3.28. The van der Waals surface area contributed by atoms with Crippen molar-refractivity contribution in [2.75, 3.05) is 24.8 Å². The Labute approximate surface area is 201 Å². The molecular formula is C22H19N5O5S2. The first-order valence-corrected chi connectivity index (χ1v) is 11.9. The molecule has 0 saturated carbocycles. The van der Waals surface area contributed by atoms with Crippen LogP contribution in [-0.2, 0) is 9.53 Å². The monoisotopic (exact) mass is 497 g/mol. The highest BCUT2D eigenvalue weighted by atomic mass is 32.2. The highest BCUT2D eigenvalue weighted by molar-refractivity contribution is 8.01. The van der Waals surface area contributed by atoms with Gasteiger partial charge in [0.15, 0.2) is 10.0 Å². The number of fused-ring (bicyclic) bond motifs is 1. The fourth-order valence-electron chi connectivity index (χ4n) is 2.98. The van der Waals surface area contributed by atoms with E-state index in [2.05, 4.69) is 20.6 Å². The minimum absolute atomic E-state index is 0.0184. The lowest BCUT2D eigenvalue weighted by molar-refractivity contribution is -0.113. The number of para-hydroxylation sites is 1. The fourth-order valence-corrected chi connectivity index (χ4v) is 4.65. The summed E-state index contributed by atoms with van der Waals surface area (Å²) in [6.45, 7) is 1.94. The van der Waals surface area contributed by atoms with E-state index in [1.54, 1.807) is 62.6 Å². The number of nitrogens with zero attached hydrogens (tertiary/aromatic N) is 4. The molecule has 2 aromatic carbocycles. The van der Waals surface area contributed by atoms with Crippen LogP contribution >= 0.6 is 23.1 Å². The minimum Gasteiger partial charge on any atom is -0.497 e. The number of aromatic nitrogens is 4. The van der Waals surface area contributed by atoms with Crippen LogP contribution in [0.3, 0.4) is 0 Å². The third kappa shape index (κ3) is 5.07. The van der Waals surface area contributed by atoms with E-state index in [9.17, 15) is 14.4 Å². The first-order valence-electron chi connectivity index (χ1n) is 10.1. The summed E-state index contributed by atoms with van der Waals surface area (Å²) in [5.41, 5.74) is 0.980. The fraction of sp³-hybridized carbons (Fsp3) is 0.182. The molecule has 4 rings (SSSR count). The summed E-state index contributed by atoms with van der Waals surface area (Å²) in [5.74, 6) is -0.167. The van der Waals surface area contributed by atoms with E-state index in [4.69, 9.17) is 9.47 Å². The highest BCUT2D eigenvalue weighted by Gasteiger charge is 2.17. The molecule has 0 unspecified atom stereocenters. The van der Waals surface area contributed by atoms with E-state index < -0.39 is 11.5 Å². The molecule has 0 saturated heterocycles. The number of anilines is 1. The van der Waals surface area contributed by atoms with E-state index in [0.717, 1.165) is 23.1 Å². The lowest BCUT2D eigenvalue weighted by atomic mass is 10.1. The second kappa shape index (κ2) is 10.4. The Kier molecular flexibility index (Phi) is 7.18. The second-order valence-corrected chi connectivity index (χ2v) is 8.93. The maximum absolute atomic E-state index is 12.9. The molecular weight excluding hydrogens is 478 g/mol. The lowest BCUT2D eigenvalue weighted by Gasteiger charge is -2.09. The Bertz CT molecular complexity index is 1400. The van der Waals surface area contributed by atoms with Gasteiger partial charge in [-0.1, -0.05) is 35.2 Å². The Hall–Kier alpha value is -3.77. The highest BCUT2D eigenvalue weighted by Crippen LogP contribution is 2.25. The predicted octanol–water partition coefficient (Wildman–Crippen LogP) is 3.13. The predicted molar refractivity (Wildman–Crippen MR) is 129 cm³/mol. The number of rotatable bonds is 8. The quantitative estimate of drug-likeness (QED) is 0.289. The molecule has 0 aliphatic carbocycles. The number of benzene rings is 2. The smallest absolute Gasteiger partial charge is 0.340 e. The van der Waals surface area contributed by atoms with Crippen molar-refractivity contribution in [1.29, 1.82) is 0 Å². The van der Waals surface area contributed by atoms with Crippen LogP contribution in [0.1, 0.15) is 17.3 Å². The van der Waals surface area contributed by atoms with Crippen molar-refractivity contribution in [3.05, 3.63) is 64.4 Å². The molecule has 1 amide bonds. The lowest BCUT2D eigenvalue weighted by Crippen LogP contribution is -2.19. The number of hydrogen-bond donors (Lipinski definition) is 1. The van der Waals surface area contributed by atoms with Gasteiger partial charge in [-0.15, -0.1) is 15.3 Å². The summed E-state index contributed by atoms with van der Waals surface area (Å²) in [6, 6.07) is 13.5. The largest absolute Gasteiger partial charge is 0.497 e. The molecule has 10 nitrogen and oxygen atoms in total. The van der Waals surface area contributed by atoms with Crippen molar-refractivity contribution < 1.29 is 19.1 Å². The normalized spacial score (nSPS) is 10.8. The first-order chi connectivity index (χ1) is 16.5. The molecule has 0 bridgehead atoms. The summed E-state index contributed by atoms with van der Waals surface area (Å²) in [6.07, 6.45) is 0. The number of esters is 1. The second-order valence-electron chi connectivity index (χ2n) is 6.75. The minimum atomic E-state index is -0.511. The molecule has 0 fully saturated rings. The molecule has 34 heavy (non-hydrogen) atoms. The van der Waals surface area contributed by atoms with Gasteiger partial charge in [-0.2, -0.15) is 4.52 Å². The standard InChI is InChI=1S/C22H19N5O5S2/c1-3-32-20(30)15-6-4-5-7-16(15)23-17(28)12-33-22-26-27-19(29)18(24-25-21(27)34-22)13-8-10-14(31-2)11-9-13/h4-11H,3,12H2,1-2H3,(H,23,28). The number of carbonyl (C=O) groups is 2. The van der Waals surface area contributed by atoms with Gasteiger partial charge in [-0.3, -0.25) is 9.59 Å². The number of ether oxygens (including phenoxy) is 2. The van der Waals surface area contributed by atoms with Gasteiger partial charge in [0.2, 0.25) is 10.9 Å². The zero-order chi connectivity index (χ0) is 24.1. The van der Waals surface area contributed by atoms with E-state index in [1.165, 1.54) is 4.52 Å². The third-order valence-electron chi connectivity index (χ3n) is 4.56. The van der Waals surface area contributed by atoms with Gasteiger partial charge >= 0.3 is 11.5 Å². The Balaban J connectivity index is 1.47. The average molecular weight is 498 g/mol. The van der Waals surface area contributed by atoms with Gasteiger partial charge in [0.05, 0.1) is 30.7 Å². The van der Waals surface area contributed by atoms with Crippen LogP contribution in [0.15, 0.2) is 57.7 Å². The molecule has 4 aromatic rings. The first kappa shape index (κ1) is 23.4. The molecule has 12 heteroatoms. The molecule has 0 radical (unpaired) electrons. The van der Waals surface area contributed by atoms with E-state index >= 15 is 0 Å². The number of amides is 1. The van der Waals surface area contributed by atoms with Gasteiger partial charge in [0.25, 0.3) is 0 Å². The summed E-state index contributed by atoms with van der Waals surface area (Å²) in [4.78, 5) is 37.7. The van der Waals surface area contributed by atoms with Crippen LogP contribution in [0.5, 0.6) is 5.75 Å². The van der Waals surface area contributed by atoms with Crippen molar-refractivity contribution in [3.63, 3.8) is 0 Å². The molecule has 0 atom stereocenters. The summed E-state index contributed by atoms with van der Waals surface area (Å²) in [7, 11) is 1.56. The van der Waals surface area contributed by atoms with Crippen LogP contribution in [0.2, 0.25) is 0 Å². The zero-order valence-corrected chi connectivity index (χ0v) is 19.8. The van der Waals surface area contributed by atoms with Gasteiger partial charge < -0.3 is 14.8 Å². The molecule has 0 spiro atoms. The summed E-state index contributed by atoms with van der Waals surface area (Å²) < 4.78 is 11.8. The molecule has 2 heterocycles. The van der Waals surface area contributed by atoms with Crippen molar-refractivity contribution in [2.24, 2.45) is 0 Å². The SMILES string of the molecule is CCOC(=O)c1ccccc1NC(=O)CSc1nn2c(=O)c(-c3ccc(OC)cc3)nnc2s1. The van der Waals surface area contributed by atoms with E-state index in [0.29, 0.717) is 26.3 Å². The van der Waals surface area contributed by atoms with Gasteiger partial charge in [0.1, 0.15) is 5.75 Å². The summed E-state index contributed by atoms with van der Waals surface area (Å²) in [5, 5.41) is 15.1. The maximum Gasteiger partial charge on any atom is 0.340 e. The van der Waals surface area contributed by atoms with Crippen LogP contribution < -0.4 is 15.6 Å². The third-order valence-corrected chi connectivity index (χ3v) is 6.59. The van der Waals surface area contributed by atoms with Crippen molar-refractivity contribution in [2.45, 2.75) is 11.3 Å². The molecule has 1 N–H and O–H groups in total. The van der Waals surface area contributed by atoms with Crippen molar-refractivity contribution in [1.82, 2.24) is 19.8 Å². The molecule has 0 aliphatic rings. The van der Waals surface area contributed by atoms with Crippen molar-refractivity contribution in [3.8, 4) is 17.0 Å². The number of carbonyl (C=O) groups excluding carboxylic acids is 2. The Morgan fingerprint density at radius 3 is 2.62 bits per heavy atom. The van der Waals surface area contributed by atoms with E-state index in [-0.39, 0.29) is 29.5 Å². The topological polar surface area (TPSA) is 125 Å². The van der Waals surface area contributed by atoms with Crippen LogP contribution in [-0.4, -0.2) is 51.2 Å². The Morgan fingerprint density at radius 2 is 1.88 bits per heavy atom. The van der Waals surface area contributed by atoms with E-state index in [1.807, 2.05) is 0 Å². The van der Waals surface area contributed by atoms with Crippen LogP contribution in [0, 0.1) is 0 Å². The number of thioether (sulfide) groups is 1. The van der Waals surface area contributed by atoms with Crippen molar-refractivity contribution >= 4 is 45.6 Å². The maximum atomic E-state index is 12.9. The van der Waals surface area contributed by atoms with Gasteiger partial charge in [0, 0.05) is 5.56 Å². The number of hydrogen-bond acceptors (Lipinski definition) is 10. The van der Waals surface area contributed by atoms with Crippen LogP contribution in [0.25, 0.3) is 16.2 Å². The number of methoxy groups -OCH3 is 1. The number of nitrogens with one attached hydrogen (secondary N) is 1. The van der Waals surface area contributed by atoms with Gasteiger partial charge in [-0.25, -0.2) is 4.79 Å².